The molecule has 162 valence electrons. The highest BCUT2D eigenvalue weighted by Crippen LogP contribution is 2.47. The zero-order valence-corrected chi connectivity index (χ0v) is 16.5. The number of hydrogen-bond acceptors (Lipinski definition) is 4. The van der Waals surface area contributed by atoms with Crippen molar-refractivity contribution in [2.24, 2.45) is 0 Å². The van der Waals surface area contributed by atoms with E-state index in [9.17, 15) is 39.6 Å². The number of benzene rings is 1. The summed E-state index contributed by atoms with van der Waals surface area (Å²) in [5.41, 5.74) is -6.78. The van der Waals surface area contributed by atoms with E-state index in [0.29, 0.717) is 0 Å². The van der Waals surface area contributed by atoms with E-state index in [0.717, 1.165) is 0 Å². The Balaban J connectivity index is 3.88. The minimum absolute atomic E-state index is 0.0755. The largest absolute Gasteiger partial charge is 0.438 e. The van der Waals surface area contributed by atoms with Crippen LogP contribution in [0.3, 0.4) is 0 Å². The average Bonchev–Trinajstić information content (AvgIpc) is 2.62. The van der Waals surface area contributed by atoms with Crippen LogP contribution in [0.1, 0.15) is 32.6 Å². The van der Waals surface area contributed by atoms with Gasteiger partial charge in [-0.05, 0) is 11.1 Å². The smallest absolute Gasteiger partial charge is 0.435 e. The second-order valence-electron chi connectivity index (χ2n) is 6.28. The van der Waals surface area contributed by atoms with Gasteiger partial charge in [0.05, 0.1) is 36.9 Å². The first-order valence-corrected chi connectivity index (χ1v) is 9.89. The molecule has 0 aliphatic rings. The third-order valence-corrected chi connectivity index (χ3v) is 5.12. The summed E-state index contributed by atoms with van der Waals surface area (Å²) >= 11 is 0. The Kier molecular flexibility index (Phi) is 8.43. The summed E-state index contributed by atoms with van der Waals surface area (Å²) in [6, 6.07) is 1.33. The van der Waals surface area contributed by atoms with Gasteiger partial charge in [-0.15, -0.1) is 0 Å². The van der Waals surface area contributed by atoms with Crippen LogP contribution in [0.2, 0.25) is 0 Å². The molecular formula is C15H12B4F6O5S. The van der Waals surface area contributed by atoms with Gasteiger partial charge in [0.25, 0.3) is 10.1 Å². The van der Waals surface area contributed by atoms with E-state index in [1.807, 2.05) is 0 Å². The molecular weight excluding hydrogens is 449 g/mol. The van der Waals surface area contributed by atoms with Crippen molar-refractivity contribution in [3.05, 3.63) is 33.9 Å². The van der Waals surface area contributed by atoms with Crippen LogP contribution in [-0.2, 0) is 40.1 Å². The van der Waals surface area contributed by atoms with E-state index >= 15 is 0 Å². The van der Waals surface area contributed by atoms with E-state index in [1.165, 1.54) is 6.07 Å². The lowest BCUT2D eigenvalue weighted by atomic mass is 9.75. The second-order valence-corrected chi connectivity index (χ2v) is 7.73. The zero-order valence-electron chi connectivity index (χ0n) is 15.7. The molecule has 0 atom stereocenters. The Labute approximate surface area is 179 Å². The van der Waals surface area contributed by atoms with E-state index in [4.69, 9.17) is 35.9 Å². The second kappa shape index (κ2) is 9.51. The Morgan fingerprint density at radius 2 is 1.26 bits per heavy atom. The summed E-state index contributed by atoms with van der Waals surface area (Å²) in [6.45, 7) is 0. The quantitative estimate of drug-likeness (QED) is 0.273. The van der Waals surface area contributed by atoms with Gasteiger partial charge in [0.1, 0.15) is 5.75 Å². The summed E-state index contributed by atoms with van der Waals surface area (Å²) < 4.78 is 115. The molecule has 0 unspecified atom stereocenters. The maximum atomic E-state index is 13.5. The Bertz CT molecular complexity index is 889. The molecule has 31 heavy (non-hydrogen) atoms. The molecule has 0 saturated heterocycles. The van der Waals surface area contributed by atoms with Crippen LogP contribution in [0.4, 0.5) is 26.3 Å². The van der Waals surface area contributed by atoms with Crippen molar-refractivity contribution >= 4 is 47.5 Å². The summed E-state index contributed by atoms with van der Waals surface area (Å²) in [5.74, 6) is -5.24. The van der Waals surface area contributed by atoms with Crippen molar-refractivity contribution in [1.82, 2.24) is 0 Å². The average molecular weight is 462 g/mol. The highest BCUT2D eigenvalue weighted by molar-refractivity contribution is 7.85. The zero-order chi connectivity index (χ0) is 24.4. The fraction of sp³-hybridized carbons (Fsp3) is 0.533. The third-order valence-electron chi connectivity index (χ3n) is 4.35. The Morgan fingerprint density at radius 3 is 1.52 bits per heavy atom. The van der Waals surface area contributed by atoms with Crippen molar-refractivity contribution < 1.29 is 48.8 Å². The Hall–Kier alpha value is -1.56. The van der Waals surface area contributed by atoms with Gasteiger partial charge in [-0.2, -0.15) is 34.8 Å². The number of carbonyl (C=O) groups is 1. The molecule has 16 heteroatoms. The molecule has 1 aromatic carbocycles. The SMILES string of the molecule is [B]Cc1cc(C[B])c(C[B])c(C(=O)OC(CS(=O)(=O)O)(C(F)(F)F)C(F)(F)F)c1C[B]. The van der Waals surface area contributed by atoms with Crippen LogP contribution in [0.25, 0.3) is 0 Å². The van der Waals surface area contributed by atoms with E-state index in [1.54, 1.807) is 0 Å². The lowest BCUT2D eigenvalue weighted by Crippen LogP contribution is -2.63. The molecule has 0 saturated carbocycles. The van der Waals surface area contributed by atoms with E-state index < -0.39 is 58.0 Å². The third kappa shape index (κ3) is 5.63. The lowest BCUT2D eigenvalue weighted by molar-refractivity contribution is -0.356. The molecule has 0 aliphatic heterocycles. The van der Waals surface area contributed by atoms with Gasteiger partial charge in [-0.25, -0.2) is 4.79 Å². The minimum atomic E-state index is -6.48. The predicted octanol–water partition coefficient (Wildman–Crippen LogP) is 1.27. The van der Waals surface area contributed by atoms with E-state index in [-0.39, 0.29) is 34.9 Å². The van der Waals surface area contributed by atoms with Gasteiger partial charge >= 0.3 is 23.9 Å². The highest BCUT2D eigenvalue weighted by atomic mass is 32.2. The molecule has 0 fully saturated rings. The maximum absolute atomic E-state index is 13.5. The first-order chi connectivity index (χ1) is 14.0. The molecule has 0 aliphatic carbocycles. The number of esters is 1. The van der Waals surface area contributed by atoms with E-state index in [2.05, 4.69) is 4.74 Å². The van der Waals surface area contributed by atoms with Crippen molar-refractivity contribution in [3.63, 3.8) is 0 Å². The van der Waals surface area contributed by atoms with Gasteiger partial charge in [0.2, 0.25) is 0 Å². The molecule has 1 N–H and O–H groups in total. The molecule has 5 nitrogen and oxygen atoms in total. The minimum Gasteiger partial charge on any atom is -0.435 e. The number of ether oxygens (including phenoxy) is 1. The standard InChI is InChI=1S/C15H12B4F6O5S/c16-2-7-1-8(3-17)10(5-19)11(9(7)4-18)12(26)30-13(14(20,21)22,15(23,24)25)6-31(27,28)29/h1H,2-6H2,(H,27,28,29). The molecule has 1 rings (SSSR count). The molecule has 0 bridgehead atoms. The first-order valence-electron chi connectivity index (χ1n) is 8.28. The van der Waals surface area contributed by atoms with Crippen molar-refractivity contribution in [3.8, 4) is 0 Å². The fourth-order valence-electron chi connectivity index (χ4n) is 2.90. The maximum Gasteiger partial charge on any atom is 0.438 e. The first kappa shape index (κ1) is 27.5. The van der Waals surface area contributed by atoms with Crippen LogP contribution in [0, 0.1) is 0 Å². The molecule has 0 aromatic heterocycles. The number of hydrogen-bond donors (Lipinski definition) is 1. The van der Waals surface area contributed by atoms with Crippen LogP contribution in [0.15, 0.2) is 6.07 Å². The van der Waals surface area contributed by atoms with Gasteiger partial charge in [0, 0.05) is 0 Å². The van der Waals surface area contributed by atoms with Crippen molar-refractivity contribution in [1.29, 1.82) is 0 Å². The number of carbonyl (C=O) groups excluding carboxylic acids is 1. The van der Waals surface area contributed by atoms with Gasteiger partial charge in [-0.1, -0.05) is 42.5 Å². The molecule has 0 heterocycles. The normalized spacial score (nSPS) is 13.3. The van der Waals surface area contributed by atoms with Crippen LogP contribution < -0.4 is 0 Å². The highest BCUT2D eigenvalue weighted by Gasteiger charge is 2.76. The van der Waals surface area contributed by atoms with Gasteiger partial charge in [-0.3, -0.25) is 4.55 Å². The molecule has 0 amide bonds. The number of alkyl halides is 6. The lowest BCUT2D eigenvalue weighted by Gasteiger charge is -2.36. The fourth-order valence-corrected chi connectivity index (χ4v) is 3.80. The molecule has 8 radical (unpaired) electrons. The summed E-state index contributed by atoms with van der Waals surface area (Å²) in [7, 11) is 16.1. The monoisotopic (exact) mass is 462 g/mol. The van der Waals surface area contributed by atoms with Crippen LogP contribution in [0.5, 0.6) is 0 Å². The summed E-state index contributed by atoms with van der Waals surface area (Å²) in [4.78, 5) is 12.6. The topological polar surface area (TPSA) is 80.7 Å². The predicted molar refractivity (Wildman–Crippen MR) is 101 cm³/mol. The number of halogens is 6. The van der Waals surface area contributed by atoms with Crippen molar-refractivity contribution in [2.45, 2.75) is 43.2 Å². The molecule has 1 aromatic rings. The Morgan fingerprint density at radius 1 is 0.871 bits per heavy atom. The van der Waals surface area contributed by atoms with Crippen molar-refractivity contribution in [2.75, 3.05) is 5.75 Å². The van der Waals surface area contributed by atoms with Gasteiger partial charge < -0.3 is 4.74 Å². The van der Waals surface area contributed by atoms with Crippen LogP contribution >= 0.6 is 0 Å². The van der Waals surface area contributed by atoms with Crippen LogP contribution in [-0.4, -0.2) is 74.0 Å². The van der Waals surface area contributed by atoms with Gasteiger partial charge in [0.15, 0.2) is 0 Å². The number of rotatable bonds is 8. The molecule has 0 spiro atoms. The summed E-state index contributed by atoms with van der Waals surface area (Å²) in [6.07, 6.45) is -14.7. The summed E-state index contributed by atoms with van der Waals surface area (Å²) in [5, 5.41) is 0.